The summed E-state index contributed by atoms with van der Waals surface area (Å²) in [5, 5.41) is 3.14. The summed E-state index contributed by atoms with van der Waals surface area (Å²) in [4.78, 5) is 28.5. The van der Waals surface area contributed by atoms with Gasteiger partial charge in [0.05, 0.1) is 0 Å². The summed E-state index contributed by atoms with van der Waals surface area (Å²) >= 11 is 0. The highest BCUT2D eigenvalue weighted by Gasteiger charge is 2.36. The van der Waals surface area contributed by atoms with Crippen LogP contribution < -0.4 is 14.8 Å². The zero-order valence-electron chi connectivity index (χ0n) is 18.4. The number of amides is 1. The Balaban J connectivity index is 1.59. The maximum Gasteiger partial charge on any atom is 0.268 e. The molecule has 0 aliphatic carbocycles. The lowest BCUT2D eigenvalue weighted by Gasteiger charge is -2.38. The standard InChI is InChI=1S/C24H30N2O5/c1-4-5-18-21(16(3)27)15(2)26-22(18)23(28)25-13-24(8-10-29-11-9-24)17-6-7-19-20(12-17)31-14-30-19/h6-7,12,26H,4-5,8-11,13-14H2,1-3H3,(H,25,28). The number of ether oxygens (including phenoxy) is 3. The van der Waals surface area contributed by atoms with E-state index in [-0.39, 0.29) is 23.9 Å². The van der Waals surface area contributed by atoms with Crippen molar-refractivity contribution in [3.05, 3.63) is 46.3 Å². The molecular formula is C24H30N2O5. The quantitative estimate of drug-likeness (QED) is 0.659. The third-order valence-corrected chi connectivity index (χ3v) is 6.39. The molecule has 166 valence electrons. The van der Waals surface area contributed by atoms with Gasteiger partial charge >= 0.3 is 0 Å². The molecule has 0 saturated carbocycles. The Morgan fingerprint density at radius 1 is 1.16 bits per heavy atom. The van der Waals surface area contributed by atoms with E-state index >= 15 is 0 Å². The molecule has 1 aromatic carbocycles. The van der Waals surface area contributed by atoms with Crippen LogP contribution in [0.4, 0.5) is 0 Å². The number of hydrogen-bond acceptors (Lipinski definition) is 5. The summed E-state index contributed by atoms with van der Waals surface area (Å²) in [5.74, 6) is 1.30. The number of benzene rings is 1. The molecule has 0 atom stereocenters. The highest BCUT2D eigenvalue weighted by Crippen LogP contribution is 2.40. The van der Waals surface area contributed by atoms with Crippen molar-refractivity contribution in [3.8, 4) is 11.5 Å². The fourth-order valence-electron chi connectivity index (χ4n) is 4.74. The SMILES string of the molecule is CCCc1c(C(=O)NCC2(c3ccc4c(c3)OCO4)CCOCC2)[nH]c(C)c1C(C)=O. The van der Waals surface area contributed by atoms with Gasteiger partial charge in [-0.15, -0.1) is 0 Å². The predicted molar refractivity (Wildman–Crippen MR) is 116 cm³/mol. The van der Waals surface area contributed by atoms with Crippen molar-refractivity contribution < 1.29 is 23.8 Å². The molecule has 3 heterocycles. The molecule has 4 rings (SSSR count). The summed E-state index contributed by atoms with van der Waals surface area (Å²) < 4.78 is 16.6. The van der Waals surface area contributed by atoms with Crippen molar-refractivity contribution in [3.63, 3.8) is 0 Å². The number of nitrogens with one attached hydrogen (secondary N) is 2. The minimum absolute atomic E-state index is 0.0162. The number of aryl methyl sites for hydroxylation is 1. The van der Waals surface area contributed by atoms with E-state index in [0.717, 1.165) is 47.6 Å². The lowest BCUT2D eigenvalue weighted by atomic mass is 9.74. The molecule has 2 N–H and O–H groups in total. The Bertz CT molecular complexity index is 988. The number of carbonyl (C=O) groups is 2. The second-order valence-corrected chi connectivity index (χ2v) is 8.43. The molecule has 7 nitrogen and oxygen atoms in total. The number of aromatic amines is 1. The lowest BCUT2D eigenvalue weighted by molar-refractivity contribution is 0.0486. The van der Waals surface area contributed by atoms with Crippen LogP contribution in [0.2, 0.25) is 0 Å². The van der Waals surface area contributed by atoms with E-state index in [1.165, 1.54) is 0 Å². The van der Waals surface area contributed by atoms with Gasteiger partial charge in [-0.3, -0.25) is 9.59 Å². The third kappa shape index (κ3) is 4.06. The summed E-state index contributed by atoms with van der Waals surface area (Å²) in [6, 6.07) is 6.01. The van der Waals surface area contributed by atoms with Crippen molar-refractivity contribution >= 4 is 11.7 Å². The molecule has 31 heavy (non-hydrogen) atoms. The van der Waals surface area contributed by atoms with Crippen LogP contribution in [0.25, 0.3) is 0 Å². The van der Waals surface area contributed by atoms with E-state index in [4.69, 9.17) is 14.2 Å². The van der Waals surface area contributed by atoms with Crippen LogP contribution in [-0.4, -0.2) is 43.2 Å². The predicted octanol–water partition coefficient (Wildman–Crippen LogP) is 3.69. The monoisotopic (exact) mass is 426 g/mol. The van der Waals surface area contributed by atoms with E-state index in [1.807, 2.05) is 26.0 Å². The lowest BCUT2D eigenvalue weighted by Crippen LogP contribution is -2.44. The minimum Gasteiger partial charge on any atom is -0.454 e. The third-order valence-electron chi connectivity index (χ3n) is 6.39. The van der Waals surface area contributed by atoms with Gasteiger partial charge in [-0.1, -0.05) is 19.4 Å². The average Bonchev–Trinajstić information content (AvgIpc) is 3.36. The first-order valence-electron chi connectivity index (χ1n) is 10.9. The molecule has 2 aromatic rings. The molecule has 2 aliphatic rings. The van der Waals surface area contributed by atoms with E-state index in [9.17, 15) is 9.59 Å². The number of fused-ring (bicyclic) bond motifs is 1. The van der Waals surface area contributed by atoms with Gasteiger partial charge < -0.3 is 24.5 Å². The van der Waals surface area contributed by atoms with Crippen molar-refractivity contribution in [2.24, 2.45) is 0 Å². The molecule has 1 aromatic heterocycles. The Labute approximate surface area is 182 Å². The van der Waals surface area contributed by atoms with Crippen LogP contribution in [-0.2, 0) is 16.6 Å². The zero-order valence-corrected chi connectivity index (χ0v) is 18.4. The minimum atomic E-state index is -0.245. The van der Waals surface area contributed by atoms with Gasteiger partial charge in [0.25, 0.3) is 5.91 Å². The smallest absolute Gasteiger partial charge is 0.268 e. The molecule has 1 amide bonds. The average molecular weight is 427 g/mol. The number of hydrogen-bond donors (Lipinski definition) is 2. The van der Waals surface area contributed by atoms with Gasteiger partial charge in [-0.2, -0.15) is 0 Å². The second kappa shape index (κ2) is 8.75. The van der Waals surface area contributed by atoms with Crippen LogP contribution in [0, 0.1) is 6.92 Å². The molecule has 0 bridgehead atoms. The van der Waals surface area contributed by atoms with Gasteiger partial charge in [0.2, 0.25) is 6.79 Å². The molecule has 0 unspecified atom stereocenters. The Kier molecular flexibility index (Phi) is 6.05. The summed E-state index contributed by atoms with van der Waals surface area (Å²) in [6.07, 6.45) is 3.15. The first kappa shape index (κ1) is 21.4. The summed E-state index contributed by atoms with van der Waals surface area (Å²) in [6.45, 7) is 7.44. The zero-order chi connectivity index (χ0) is 22.0. The van der Waals surface area contributed by atoms with Gasteiger partial charge in [0.1, 0.15) is 5.69 Å². The normalized spacial score (nSPS) is 16.9. The summed E-state index contributed by atoms with van der Waals surface area (Å²) in [7, 11) is 0. The largest absolute Gasteiger partial charge is 0.454 e. The fraction of sp³-hybridized carbons (Fsp3) is 0.500. The van der Waals surface area contributed by atoms with Gasteiger partial charge in [-0.25, -0.2) is 0 Å². The van der Waals surface area contributed by atoms with Crippen molar-refractivity contribution in [2.75, 3.05) is 26.6 Å². The second-order valence-electron chi connectivity index (χ2n) is 8.43. The maximum absolute atomic E-state index is 13.2. The first-order chi connectivity index (χ1) is 14.9. The Morgan fingerprint density at radius 3 is 2.61 bits per heavy atom. The Morgan fingerprint density at radius 2 is 1.90 bits per heavy atom. The van der Waals surface area contributed by atoms with Crippen LogP contribution in [0.3, 0.4) is 0 Å². The number of carbonyl (C=O) groups excluding carboxylic acids is 2. The van der Waals surface area contributed by atoms with Crippen LogP contribution in [0.5, 0.6) is 11.5 Å². The van der Waals surface area contributed by atoms with Crippen molar-refractivity contribution in [1.82, 2.24) is 10.3 Å². The van der Waals surface area contributed by atoms with E-state index in [1.54, 1.807) is 6.92 Å². The molecule has 1 fully saturated rings. The van der Waals surface area contributed by atoms with E-state index < -0.39 is 0 Å². The molecular weight excluding hydrogens is 396 g/mol. The van der Waals surface area contributed by atoms with Crippen molar-refractivity contribution in [2.45, 2.75) is 51.9 Å². The molecule has 2 aliphatic heterocycles. The van der Waals surface area contributed by atoms with E-state index in [2.05, 4.69) is 16.4 Å². The van der Waals surface area contributed by atoms with Gasteiger partial charge in [-0.05, 0) is 56.4 Å². The highest BCUT2D eigenvalue weighted by molar-refractivity contribution is 6.02. The summed E-state index contributed by atoms with van der Waals surface area (Å²) in [5.41, 5.74) is 3.57. The van der Waals surface area contributed by atoms with Gasteiger partial charge in [0, 0.05) is 36.4 Å². The fourth-order valence-corrected chi connectivity index (χ4v) is 4.74. The van der Waals surface area contributed by atoms with Crippen LogP contribution >= 0.6 is 0 Å². The van der Waals surface area contributed by atoms with E-state index in [0.29, 0.717) is 37.4 Å². The maximum atomic E-state index is 13.2. The number of H-pyrrole nitrogens is 1. The Hall–Kier alpha value is -2.80. The molecule has 7 heteroatoms. The van der Waals surface area contributed by atoms with Crippen LogP contribution in [0.15, 0.2) is 18.2 Å². The van der Waals surface area contributed by atoms with Gasteiger partial charge in [0.15, 0.2) is 17.3 Å². The molecule has 0 spiro atoms. The highest BCUT2D eigenvalue weighted by atomic mass is 16.7. The molecule has 0 radical (unpaired) electrons. The van der Waals surface area contributed by atoms with Crippen LogP contribution in [0.1, 0.15) is 70.8 Å². The number of Topliss-reactive ketones (excluding diaryl/α,β-unsaturated/α-hetero) is 1. The number of aromatic nitrogens is 1. The molecule has 1 saturated heterocycles. The number of ketones is 1. The first-order valence-corrected chi connectivity index (χ1v) is 10.9. The van der Waals surface area contributed by atoms with Crippen molar-refractivity contribution in [1.29, 1.82) is 0 Å². The topological polar surface area (TPSA) is 89.7 Å². The number of rotatable bonds is 7.